The van der Waals surface area contributed by atoms with E-state index in [0.717, 1.165) is 45.4 Å². The van der Waals surface area contributed by atoms with Crippen molar-refractivity contribution in [3.8, 4) is 0 Å². The first kappa shape index (κ1) is 16.9. The highest BCUT2D eigenvalue weighted by Crippen LogP contribution is 2.36. The van der Waals surface area contributed by atoms with Gasteiger partial charge in [0.1, 0.15) is 0 Å². The zero-order valence-corrected chi connectivity index (χ0v) is 14.3. The van der Waals surface area contributed by atoms with Gasteiger partial charge in [0, 0.05) is 45.0 Å². The van der Waals surface area contributed by atoms with Crippen molar-refractivity contribution in [1.82, 2.24) is 20.0 Å². The Balaban J connectivity index is 1.54. The van der Waals surface area contributed by atoms with Crippen LogP contribution in [-0.2, 0) is 11.3 Å². The average Bonchev–Trinajstić information content (AvgIpc) is 3.04. The maximum atomic E-state index is 5.64. The minimum absolute atomic E-state index is 0.660. The van der Waals surface area contributed by atoms with Crippen LogP contribution >= 0.6 is 0 Å². The van der Waals surface area contributed by atoms with Gasteiger partial charge in [-0.15, -0.1) is 0 Å². The molecule has 1 aromatic heterocycles. The van der Waals surface area contributed by atoms with Gasteiger partial charge in [0.15, 0.2) is 0 Å². The molecule has 0 amide bonds. The number of hydrogen-bond donors (Lipinski definition) is 2. The number of rotatable bonds is 6. The Hall–Kier alpha value is -0.950. The highest BCUT2D eigenvalue weighted by Gasteiger charge is 2.29. The molecule has 6 heteroatoms. The molecular formula is C17H31N5O. The van der Waals surface area contributed by atoms with Crippen molar-refractivity contribution in [3.63, 3.8) is 0 Å². The molecule has 1 saturated carbocycles. The highest BCUT2D eigenvalue weighted by molar-refractivity contribution is 5.22. The number of nitrogens with one attached hydrogen (secondary N) is 1. The van der Waals surface area contributed by atoms with Crippen LogP contribution in [0.2, 0.25) is 0 Å². The number of morpholine rings is 1. The van der Waals surface area contributed by atoms with Gasteiger partial charge in [-0.2, -0.15) is 5.10 Å². The number of nitrogens with two attached hydrogens (primary N) is 1. The number of ether oxygens (including phenoxy) is 1. The van der Waals surface area contributed by atoms with Crippen molar-refractivity contribution in [2.75, 3.05) is 46.4 Å². The summed E-state index contributed by atoms with van der Waals surface area (Å²) in [7, 11) is 2.11. The lowest BCUT2D eigenvalue weighted by molar-refractivity contribution is 0.00727. The van der Waals surface area contributed by atoms with E-state index in [-0.39, 0.29) is 0 Å². The van der Waals surface area contributed by atoms with E-state index in [1.807, 2.05) is 0 Å². The molecule has 1 aromatic rings. The van der Waals surface area contributed by atoms with E-state index in [1.54, 1.807) is 0 Å². The molecule has 1 aliphatic heterocycles. The van der Waals surface area contributed by atoms with Crippen LogP contribution in [0.1, 0.15) is 42.9 Å². The summed E-state index contributed by atoms with van der Waals surface area (Å²) in [5.74, 6) is 0.660. The predicted molar refractivity (Wildman–Crippen MR) is 91.4 cm³/mol. The summed E-state index contributed by atoms with van der Waals surface area (Å²) in [5.41, 5.74) is 8.27. The van der Waals surface area contributed by atoms with Crippen molar-refractivity contribution in [2.45, 2.75) is 44.2 Å². The summed E-state index contributed by atoms with van der Waals surface area (Å²) in [6.45, 7) is 6.52. The molecule has 2 fully saturated rings. The van der Waals surface area contributed by atoms with E-state index >= 15 is 0 Å². The maximum Gasteiger partial charge on any atom is 0.0796 e. The number of hydrogen-bond acceptors (Lipinski definition) is 5. The third-order valence-corrected chi connectivity index (χ3v) is 5.38. The van der Waals surface area contributed by atoms with Gasteiger partial charge in [-0.3, -0.25) is 14.9 Å². The van der Waals surface area contributed by atoms with Crippen LogP contribution in [0.3, 0.4) is 0 Å². The summed E-state index contributed by atoms with van der Waals surface area (Å²) >= 11 is 0. The van der Waals surface area contributed by atoms with E-state index in [2.05, 4.69) is 33.2 Å². The van der Waals surface area contributed by atoms with Crippen molar-refractivity contribution >= 4 is 0 Å². The van der Waals surface area contributed by atoms with Crippen molar-refractivity contribution in [2.24, 2.45) is 5.73 Å². The molecule has 130 valence electrons. The van der Waals surface area contributed by atoms with Crippen LogP contribution in [0.5, 0.6) is 0 Å². The van der Waals surface area contributed by atoms with Crippen molar-refractivity contribution in [3.05, 3.63) is 17.5 Å². The fourth-order valence-electron chi connectivity index (χ4n) is 4.06. The van der Waals surface area contributed by atoms with E-state index in [9.17, 15) is 0 Å². The lowest BCUT2D eigenvalue weighted by Gasteiger charge is -2.38. The molecular weight excluding hydrogens is 290 g/mol. The lowest BCUT2D eigenvalue weighted by atomic mass is 9.81. The van der Waals surface area contributed by atoms with Crippen LogP contribution in [0.25, 0.3) is 0 Å². The van der Waals surface area contributed by atoms with Gasteiger partial charge >= 0.3 is 0 Å². The highest BCUT2D eigenvalue weighted by atomic mass is 16.5. The largest absolute Gasteiger partial charge is 0.379 e. The summed E-state index contributed by atoms with van der Waals surface area (Å²) in [6.07, 6.45) is 7.26. The van der Waals surface area contributed by atoms with Crippen LogP contribution < -0.4 is 5.73 Å². The SMILES string of the molecule is CN(CCN)Cc1n[nH]cc1C1CCC(N2CCOCC2)CC1. The van der Waals surface area contributed by atoms with Crippen LogP contribution in [0.15, 0.2) is 6.20 Å². The van der Waals surface area contributed by atoms with Gasteiger partial charge < -0.3 is 10.5 Å². The Labute approximate surface area is 139 Å². The molecule has 0 aromatic carbocycles. The van der Waals surface area contributed by atoms with E-state index in [0.29, 0.717) is 12.5 Å². The molecule has 6 nitrogen and oxygen atoms in total. The number of H-pyrrole nitrogens is 1. The second-order valence-electron chi connectivity index (χ2n) is 6.97. The normalized spacial score (nSPS) is 26.7. The Morgan fingerprint density at radius 2 is 2.04 bits per heavy atom. The van der Waals surface area contributed by atoms with Crippen LogP contribution in [0, 0.1) is 0 Å². The van der Waals surface area contributed by atoms with E-state index in [1.165, 1.54) is 36.9 Å². The first-order valence-electron chi connectivity index (χ1n) is 9.01. The zero-order chi connectivity index (χ0) is 16.1. The zero-order valence-electron chi connectivity index (χ0n) is 14.3. The molecule has 0 unspecified atom stereocenters. The second kappa shape index (κ2) is 8.24. The van der Waals surface area contributed by atoms with Gasteiger partial charge in [0.05, 0.1) is 18.9 Å². The Bertz CT molecular complexity index is 463. The molecule has 3 rings (SSSR count). The molecule has 0 spiro atoms. The summed E-state index contributed by atoms with van der Waals surface area (Å²) < 4.78 is 5.48. The quantitative estimate of drug-likeness (QED) is 0.823. The molecule has 0 bridgehead atoms. The van der Waals surface area contributed by atoms with Crippen LogP contribution in [0.4, 0.5) is 0 Å². The minimum Gasteiger partial charge on any atom is -0.379 e. The van der Waals surface area contributed by atoms with Crippen molar-refractivity contribution < 1.29 is 4.74 Å². The molecule has 0 radical (unpaired) electrons. The molecule has 23 heavy (non-hydrogen) atoms. The van der Waals surface area contributed by atoms with E-state index in [4.69, 9.17) is 10.5 Å². The van der Waals surface area contributed by atoms with Gasteiger partial charge in [-0.25, -0.2) is 0 Å². The monoisotopic (exact) mass is 321 g/mol. The second-order valence-corrected chi connectivity index (χ2v) is 6.97. The average molecular weight is 321 g/mol. The summed E-state index contributed by atoms with van der Waals surface area (Å²) in [4.78, 5) is 4.88. The lowest BCUT2D eigenvalue weighted by Crippen LogP contribution is -2.44. The molecule has 1 saturated heterocycles. The molecule has 1 aliphatic carbocycles. The van der Waals surface area contributed by atoms with Gasteiger partial charge in [0.25, 0.3) is 0 Å². The first-order chi connectivity index (χ1) is 11.3. The molecule has 0 atom stereocenters. The van der Waals surface area contributed by atoms with E-state index < -0.39 is 0 Å². The predicted octanol–water partition coefficient (Wildman–Crippen LogP) is 1.16. The third-order valence-electron chi connectivity index (χ3n) is 5.38. The summed E-state index contributed by atoms with van der Waals surface area (Å²) in [5, 5.41) is 7.57. The van der Waals surface area contributed by atoms with Gasteiger partial charge in [-0.1, -0.05) is 0 Å². The maximum absolute atomic E-state index is 5.64. The topological polar surface area (TPSA) is 70.4 Å². The standard InChI is InChI=1S/C17H31N5O/c1-21(7-6-18)13-17-16(12-19-20-17)14-2-4-15(5-3-14)22-8-10-23-11-9-22/h12,14-15H,2-11,13,18H2,1H3,(H,19,20). The van der Waals surface area contributed by atoms with Crippen molar-refractivity contribution in [1.29, 1.82) is 0 Å². The van der Waals surface area contributed by atoms with Gasteiger partial charge in [0.2, 0.25) is 0 Å². The van der Waals surface area contributed by atoms with Gasteiger partial charge in [-0.05, 0) is 44.2 Å². The minimum atomic E-state index is 0.660. The Kier molecular flexibility index (Phi) is 6.05. The molecule has 2 heterocycles. The Morgan fingerprint density at radius 3 is 2.74 bits per heavy atom. The number of likely N-dealkylation sites (N-methyl/N-ethyl adjacent to an activating group) is 1. The van der Waals surface area contributed by atoms with Crippen LogP contribution in [-0.4, -0.2) is 72.5 Å². The fraction of sp³-hybridized carbons (Fsp3) is 0.824. The first-order valence-corrected chi connectivity index (χ1v) is 9.01. The fourth-order valence-corrected chi connectivity index (χ4v) is 4.06. The number of nitrogens with zero attached hydrogens (tertiary/aromatic N) is 3. The number of aromatic nitrogens is 2. The third kappa shape index (κ3) is 4.32. The smallest absolute Gasteiger partial charge is 0.0796 e. The Morgan fingerprint density at radius 1 is 1.30 bits per heavy atom. The molecule has 3 N–H and O–H groups in total. The number of aromatic amines is 1. The molecule has 2 aliphatic rings. The summed E-state index contributed by atoms with van der Waals surface area (Å²) in [6, 6.07) is 0.755.